The van der Waals surface area contributed by atoms with E-state index in [-0.39, 0.29) is 18.4 Å². The van der Waals surface area contributed by atoms with Crippen molar-refractivity contribution in [1.82, 2.24) is 10.6 Å². The predicted molar refractivity (Wildman–Crippen MR) is 97.2 cm³/mol. The number of carbonyl (C=O) groups is 1. The van der Waals surface area contributed by atoms with Crippen LogP contribution in [0.2, 0.25) is 0 Å². The van der Waals surface area contributed by atoms with Crippen LogP contribution >= 0.6 is 0 Å². The van der Waals surface area contributed by atoms with Crippen LogP contribution in [0.15, 0.2) is 48.5 Å². The molecule has 0 unspecified atom stereocenters. The van der Waals surface area contributed by atoms with Gasteiger partial charge in [0, 0.05) is 32.9 Å². The molecule has 0 radical (unpaired) electrons. The number of urea groups is 1. The molecule has 0 aliphatic rings. The molecule has 0 spiro atoms. The first-order chi connectivity index (χ1) is 12.0. The van der Waals surface area contributed by atoms with Gasteiger partial charge < -0.3 is 20.6 Å². The van der Waals surface area contributed by atoms with E-state index in [0.717, 1.165) is 17.7 Å². The summed E-state index contributed by atoms with van der Waals surface area (Å²) in [4.78, 5) is 13.8. The van der Waals surface area contributed by atoms with Crippen molar-refractivity contribution in [3.8, 4) is 0 Å². The molecule has 0 aromatic heterocycles. The highest BCUT2D eigenvalue weighted by atomic mass is 19.1. The van der Waals surface area contributed by atoms with Crippen LogP contribution in [0.3, 0.4) is 0 Å². The average molecular weight is 345 g/mol. The van der Waals surface area contributed by atoms with E-state index >= 15 is 0 Å². The maximum absolute atomic E-state index is 12.8. The van der Waals surface area contributed by atoms with Gasteiger partial charge in [0.1, 0.15) is 5.82 Å². The maximum Gasteiger partial charge on any atom is 0.314 e. The molecule has 2 aromatic carbocycles. The van der Waals surface area contributed by atoms with Gasteiger partial charge >= 0.3 is 6.03 Å². The van der Waals surface area contributed by atoms with Crippen LogP contribution < -0.4 is 15.5 Å². The van der Waals surface area contributed by atoms with Crippen molar-refractivity contribution in [2.45, 2.75) is 12.5 Å². The summed E-state index contributed by atoms with van der Waals surface area (Å²) in [5.74, 6) is -0.361. The Labute approximate surface area is 147 Å². The summed E-state index contributed by atoms with van der Waals surface area (Å²) in [7, 11) is 3.97. The SMILES string of the molecule is CN(C)c1ccc(CCNC(=O)NC[C@H](O)c2ccc(F)cc2)cc1. The van der Waals surface area contributed by atoms with Crippen molar-refractivity contribution in [1.29, 1.82) is 0 Å². The third-order valence-electron chi connectivity index (χ3n) is 3.86. The summed E-state index contributed by atoms with van der Waals surface area (Å²) in [6.07, 6.45) is -0.147. The summed E-state index contributed by atoms with van der Waals surface area (Å²) in [6, 6.07) is 13.4. The number of nitrogens with zero attached hydrogens (tertiary/aromatic N) is 1. The van der Waals surface area contributed by atoms with Crippen molar-refractivity contribution in [3.63, 3.8) is 0 Å². The van der Waals surface area contributed by atoms with Gasteiger partial charge in [-0.15, -0.1) is 0 Å². The van der Waals surface area contributed by atoms with Crippen LogP contribution in [0.25, 0.3) is 0 Å². The van der Waals surface area contributed by atoms with Crippen LogP contribution in [0, 0.1) is 5.82 Å². The van der Waals surface area contributed by atoms with Crippen molar-refractivity contribution >= 4 is 11.7 Å². The van der Waals surface area contributed by atoms with E-state index in [4.69, 9.17) is 0 Å². The predicted octanol–water partition coefficient (Wildman–Crippen LogP) is 2.47. The van der Waals surface area contributed by atoms with Crippen molar-refractivity contribution in [2.75, 3.05) is 32.1 Å². The Hall–Kier alpha value is -2.60. The van der Waals surface area contributed by atoms with Gasteiger partial charge in [0.05, 0.1) is 6.10 Å². The van der Waals surface area contributed by atoms with Gasteiger partial charge in [-0.1, -0.05) is 24.3 Å². The zero-order chi connectivity index (χ0) is 18.2. The van der Waals surface area contributed by atoms with Gasteiger partial charge in [-0.2, -0.15) is 0 Å². The van der Waals surface area contributed by atoms with Gasteiger partial charge in [0.2, 0.25) is 0 Å². The number of amides is 2. The molecule has 1 atom stereocenters. The number of benzene rings is 2. The molecule has 2 amide bonds. The Kier molecular flexibility index (Phi) is 6.77. The molecular formula is C19H24FN3O2. The van der Waals surface area contributed by atoms with Crippen molar-refractivity contribution < 1.29 is 14.3 Å². The monoisotopic (exact) mass is 345 g/mol. The number of hydrogen-bond donors (Lipinski definition) is 3. The van der Waals surface area contributed by atoms with Crippen LogP contribution in [-0.2, 0) is 6.42 Å². The van der Waals surface area contributed by atoms with Gasteiger partial charge in [0.25, 0.3) is 0 Å². The van der Waals surface area contributed by atoms with Gasteiger partial charge in [-0.3, -0.25) is 0 Å². The maximum atomic E-state index is 12.8. The Balaban J connectivity index is 1.69. The molecule has 2 aromatic rings. The quantitative estimate of drug-likeness (QED) is 0.722. The molecule has 0 heterocycles. The standard InChI is InChI=1S/C19H24FN3O2/c1-23(2)17-9-3-14(4-10-17)11-12-21-19(25)22-13-18(24)15-5-7-16(20)8-6-15/h3-10,18,24H,11-13H2,1-2H3,(H2,21,22,25)/t18-/m0/s1. The molecule has 0 aliphatic carbocycles. The van der Waals surface area contributed by atoms with Gasteiger partial charge in [-0.05, 0) is 41.8 Å². The van der Waals surface area contributed by atoms with Crippen LogP contribution in [0.5, 0.6) is 0 Å². The van der Waals surface area contributed by atoms with Crippen molar-refractivity contribution in [3.05, 3.63) is 65.5 Å². The number of nitrogens with one attached hydrogen (secondary N) is 2. The summed E-state index contributed by atoms with van der Waals surface area (Å²) < 4.78 is 12.8. The smallest absolute Gasteiger partial charge is 0.314 e. The molecule has 0 bridgehead atoms. The zero-order valence-electron chi connectivity index (χ0n) is 14.5. The fourth-order valence-corrected chi connectivity index (χ4v) is 2.34. The first-order valence-electron chi connectivity index (χ1n) is 8.17. The summed E-state index contributed by atoms with van der Waals surface area (Å²) in [5.41, 5.74) is 2.82. The minimum absolute atomic E-state index is 0.0645. The molecule has 5 nitrogen and oxygen atoms in total. The minimum atomic E-state index is -0.870. The second kappa shape index (κ2) is 9.03. The number of carbonyl (C=O) groups excluding carboxylic acids is 1. The molecule has 2 rings (SSSR count). The van der Waals surface area contributed by atoms with E-state index in [1.807, 2.05) is 43.3 Å². The second-order valence-corrected chi connectivity index (χ2v) is 6.02. The lowest BCUT2D eigenvalue weighted by atomic mass is 10.1. The molecule has 0 fully saturated rings. The highest BCUT2D eigenvalue weighted by molar-refractivity contribution is 5.73. The summed E-state index contributed by atoms with van der Waals surface area (Å²) >= 11 is 0. The van der Waals surface area contributed by atoms with E-state index in [9.17, 15) is 14.3 Å². The summed E-state index contributed by atoms with van der Waals surface area (Å²) in [5, 5.41) is 15.3. The molecule has 25 heavy (non-hydrogen) atoms. The van der Waals surface area contributed by atoms with Crippen LogP contribution in [0.1, 0.15) is 17.2 Å². The van der Waals surface area contributed by atoms with Crippen LogP contribution in [-0.4, -0.2) is 38.3 Å². The van der Waals surface area contributed by atoms with Gasteiger partial charge in [-0.25, -0.2) is 9.18 Å². The normalized spacial score (nSPS) is 11.7. The van der Waals surface area contributed by atoms with Crippen molar-refractivity contribution in [2.24, 2.45) is 0 Å². The number of halogens is 1. The number of hydrogen-bond acceptors (Lipinski definition) is 3. The Morgan fingerprint density at radius 1 is 1.08 bits per heavy atom. The summed E-state index contributed by atoms with van der Waals surface area (Å²) in [6.45, 7) is 0.564. The van der Waals surface area contributed by atoms with E-state index in [1.54, 1.807) is 0 Å². The lowest BCUT2D eigenvalue weighted by Gasteiger charge is -2.14. The lowest BCUT2D eigenvalue weighted by molar-refractivity contribution is 0.173. The fraction of sp³-hybridized carbons (Fsp3) is 0.316. The molecule has 0 saturated heterocycles. The molecule has 6 heteroatoms. The molecular weight excluding hydrogens is 321 g/mol. The number of aliphatic hydroxyl groups excluding tert-OH is 1. The van der Waals surface area contributed by atoms with E-state index in [2.05, 4.69) is 10.6 Å². The Bertz CT molecular complexity index is 672. The van der Waals surface area contributed by atoms with Crippen LogP contribution in [0.4, 0.5) is 14.9 Å². The Morgan fingerprint density at radius 3 is 2.32 bits per heavy atom. The second-order valence-electron chi connectivity index (χ2n) is 6.02. The molecule has 134 valence electrons. The highest BCUT2D eigenvalue weighted by Crippen LogP contribution is 2.13. The lowest BCUT2D eigenvalue weighted by Crippen LogP contribution is -2.38. The fourth-order valence-electron chi connectivity index (χ4n) is 2.34. The topological polar surface area (TPSA) is 64.6 Å². The van der Waals surface area contributed by atoms with E-state index in [0.29, 0.717) is 12.1 Å². The first kappa shape index (κ1) is 18.7. The largest absolute Gasteiger partial charge is 0.387 e. The third-order valence-corrected chi connectivity index (χ3v) is 3.86. The molecule has 0 aliphatic heterocycles. The first-order valence-corrected chi connectivity index (χ1v) is 8.17. The average Bonchev–Trinajstić information content (AvgIpc) is 2.60. The molecule has 3 N–H and O–H groups in total. The van der Waals surface area contributed by atoms with E-state index < -0.39 is 6.10 Å². The zero-order valence-corrected chi connectivity index (χ0v) is 14.5. The Morgan fingerprint density at radius 2 is 1.72 bits per heavy atom. The molecule has 0 saturated carbocycles. The minimum Gasteiger partial charge on any atom is -0.387 e. The van der Waals surface area contributed by atoms with E-state index in [1.165, 1.54) is 24.3 Å². The number of anilines is 1. The number of rotatable bonds is 7. The highest BCUT2D eigenvalue weighted by Gasteiger charge is 2.09. The third kappa shape index (κ3) is 6.08. The van der Waals surface area contributed by atoms with Gasteiger partial charge in [0.15, 0.2) is 0 Å². The number of aliphatic hydroxyl groups is 1.